The molecule has 1 rings (SSSR count). The fourth-order valence-electron chi connectivity index (χ4n) is 1.68. The van der Waals surface area contributed by atoms with Gasteiger partial charge in [-0.1, -0.05) is 6.07 Å². The number of ether oxygens (including phenoxy) is 2. The van der Waals surface area contributed by atoms with E-state index in [1.165, 1.54) is 19.2 Å². The van der Waals surface area contributed by atoms with E-state index in [-0.39, 0.29) is 17.9 Å². The molecule has 0 aromatic heterocycles. The van der Waals surface area contributed by atoms with Crippen molar-refractivity contribution in [3.63, 3.8) is 0 Å². The molecule has 6 heteroatoms. The summed E-state index contributed by atoms with van der Waals surface area (Å²) in [6, 6.07) is 4.01. The highest BCUT2D eigenvalue weighted by molar-refractivity contribution is 5.70. The molecule has 5 nitrogen and oxygen atoms in total. The van der Waals surface area contributed by atoms with Crippen LogP contribution in [0.5, 0.6) is 5.75 Å². The van der Waals surface area contributed by atoms with Crippen molar-refractivity contribution in [2.45, 2.75) is 25.6 Å². The lowest BCUT2D eigenvalue weighted by atomic mass is 10.0. The van der Waals surface area contributed by atoms with Gasteiger partial charge >= 0.3 is 5.97 Å². The number of methoxy groups -OCH3 is 1. The predicted octanol–water partition coefficient (Wildman–Crippen LogP) is 1.18. The number of benzene rings is 1. The summed E-state index contributed by atoms with van der Waals surface area (Å²) in [5.41, 5.74) is -0.179. The number of hydrogen-bond donors (Lipinski definition) is 2. The van der Waals surface area contributed by atoms with Crippen LogP contribution in [0, 0.1) is 5.82 Å². The Balaban J connectivity index is 2.87. The van der Waals surface area contributed by atoms with Gasteiger partial charge in [0.25, 0.3) is 0 Å². The number of halogens is 1. The van der Waals surface area contributed by atoms with Crippen LogP contribution in [0.4, 0.5) is 4.39 Å². The maximum absolute atomic E-state index is 13.7. The Morgan fingerprint density at radius 3 is 2.68 bits per heavy atom. The molecule has 0 aliphatic heterocycles. The zero-order valence-corrected chi connectivity index (χ0v) is 10.8. The standard InChI is InChI=1S/C13H17FO5/c1-3-19-11(16)7-9(15)13(17)12-8(14)5-4-6-10(12)18-2/h4-6,9,13,15,17H,3,7H2,1-2H3. The zero-order valence-electron chi connectivity index (χ0n) is 10.8. The average molecular weight is 272 g/mol. The summed E-state index contributed by atoms with van der Waals surface area (Å²) in [5, 5.41) is 19.7. The molecule has 0 aliphatic carbocycles. The van der Waals surface area contributed by atoms with Gasteiger partial charge in [-0.25, -0.2) is 4.39 Å². The monoisotopic (exact) mass is 272 g/mol. The van der Waals surface area contributed by atoms with Gasteiger partial charge in [0.15, 0.2) is 0 Å². The van der Waals surface area contributed by atoms with E-state index < -0.39 is 30.4 Å². The van der Waals surface area contributed by atoms with Gasteiger partial charge in [-0.15, -0.1) is 0 Å². The summed E-state index contributed by atoms with van der Waals surface area (Å²) in [6.45, 7) is 1.80. The second-order valence-electron chi connectivity index (χ2n) is 3.88. The van der Waals surface area contributed by atoms with Crippen molar-refractivity contribution < 1.29 is 28.9 Å². The second kappa shape index (κ2) is 7.06. The van der Waals surface area contributed by atoms with Gasteiger partial charge in [0.05, 0.1) is 31.8 Å². The third-order valence-corrected chi connectivity index (χ3v) is 2.57. The van der Waals surface area contributed by atoms with Crippen LogP contribution in [-0.4, -0.2) is 36.0 Å². The lowest BCUT2D eigenvalue weighted by Crippen LogP contribution is -2.24. The molecule has 0 bridgehead atoms. The van der Waals surface area contributed by atoms with Gasteiger partial charge < -0.3 is 19.7 Å². The quantitative estimate of drug-likeness (QED) is 0.761. The summed E-state index contributed by atoms with van der Waals surface area (Å²) in [6.07, 6.45) is -3.46. The third kappa shape index (κ3) is 3.90. The Morgan fingerprint density at radius 2 is 2.11 bits per heavy atom. The Kier molecular flexibility index (Phi) is 5.72. The molecule has 106 valence electrons. The fraction of sp³-hybridized carbons (Fsp3) is 0.462. The normalized spacial score (nSPS) is 13.7. The molecule has 0 heterocycles. The van der Waals surface area contributed by atoms with E-state index in [1.807, 2.05) is 0 Å². The number of aliphatic hydroxyl groups excluding tert-OH is 2. The van der Waals surface area contributed by atoms with E-state index in [9.17, 15) is 19.4 Å². The maximum atomic E-state index is 13.7. The highest BCUT2D eigenvalue weighted by atomic mass is 19.1. The molecule has 2 atom stereocenters. The number of carbonyl (C=O) groups excluding carboxylic acids is 1. The lowest BCUT2D eigenvalue weighted by Gasteiger charge is -2.20. The van der Waals surface area contributed by atoms with Crippen LogP contribution in [0.1, 0.15) is 25.0 Å². The molecule has 19 heavy (non-hydrogen) atoms. The third-order valence-electron chi connectivity index (χ3n) is 2.57. The van der Waals surface area contributed by atoms with E-state index in [0.29, 0.717) is 0 Å². The van der Waals surface area contributed by atoms with Crippen molar-refractivity contribution in [2.75, 3.05) is 13.7 Å². The second-order valence-corrected chi connectivity index (χ2v) is 3.88. The van der Waals surface area contributed by atoms with Crippen molar-refractivity contribution in [2.24, 2.45) is 0 Å². The highest BCUT2D eigenvalue weighted by Gasteiger charge is 2.27. The van der Waals surface area contributed by atoms with E-state index in [4.69, 9.17) is 4.74 Å². The van der Waals surface area contributed by atoms with E-state index in [0.717, 1.165) is 6.07 Å². The summed E-state index contributed by atoms with van der Waals surface area (Å²) in [5.74, 6) is -1.27. The van der Waals surface area contributed by atoms with Crippen LogP contribution >= 0.6 is 0 Å². The topological polar surface area (TPSA) is 76.0 Å². The summed E-state index contributed by atoms with van der Waals surface area (Å²) < 4.78 is 23.2. The minimum atomic E-state index is -1.57. The number of aliphatic hydroxyl groups is 2. The zero-order chi connectivity index (χ0) is 14.4. The molecule has 0 amide bonds. The molecule has 0 saturated heterocycles. The van der Waals surface area contributed by atoms with Gasteiger partial charge in [0.1, 0.15) is 17.7 Å². The van der Waals surface area contributed by atoms with Crippen LogP contribution < -0.4 is 4.74 Å². The summed E-state index contributed by atoms with van der Waals surface area (Å²) in [7, 11) is 1.32. The summed E-state index contributed by atoms with van der Waals surface area (Å²) >= 11 is 0. The first-order valence-corrected chi connectivity index (χ1v) is 5.85. The van der Waals surface area contributed by atoms with Crippen LogP contribution in [0.15, 0.2) is 18.2 Å². The van der Waals surface area contributed by atoms with E-state index >= 15 is 0 Å². The lowest BCUT2D eigenvalue weighted by molar-refractivity contribution is -0.147. The molecule has 0 spiro atoms. The molecular weight excluding hydrogens is 255 g/mol. The minimum Gasteiger partial charge on any atom is -0.496 e. The van der Waals surface area contributed by atoms with E-state index in [1.54, 1.807) is 6.92 Å². The molecule has 0 radical (unpaired) electrons. The molecule has 2 N–H and O–H groups in total. The Bertz CT molecular complexity index is 435. The van der Waals surface area contributed by atoms with Crippen LogP contribution in [0.3, 0.4) is 0 Å². The van der Waals surface area contributed by atoms with Gasteiger partial charge in [-0.05, 0) is 19.1 Å². The maximum Gasteiger partial charge on any atom is 0.308 e. The first-order valence-electron chi connectivity index (χ1n) is 5.85. The van der Waals surface area contributed by atoms with E-state index in [2.05, 4.69) is 4.74 Å². The van der Waals surface area contributed by atoms with Crippen molar-refractivity contribution >= 4 is 5.97 Å². The summed E-state index contributed by atoms with van der Waals surface area (Å²) in [4.78, 5) is 11.2. The van der Waals surface area contributed by atoms with Crippen LogP contribution in [-0.2, 0) is 9.53 Å². The number of rotatable bonds is 6. The molecule has 0 fully saturated rings. The Labute approximate surface area is 110 Å². The van der Waals surface area contributed by atoms with Crippen molar-refractivity contribution in [3.8, 4) is 5.75 Å². The molecule has 1 aromatic rings. The fourth-order valence-corrected chi connectivity index (χ4v) is 1.68. The number of carbonyl (C=O) groups is 1. The van der Waals surface area contributed by atoms with Crippen molar-refractivity contribution in [3.05, 3.63) is 29.6 Å². The van der Waals surface area contributed by atoms with Gasteiger partial charge in [0.2, 0.25) is 0 Å². The first kappa shape index (κ1) is 15.4. The van der Waals surface area contributed by atoms with Crippen LogP contribution in [0.25, 0.3) is 0 Å². The minimum absolute atomic E-state index is 0.107. The molecule has 1 aromatic carbocycles. The van der Waals surface area contributed by atoms with Gasteiger partial charge in [-0.3, -0.25) is 4.79 Å². The van der Waals surface area contributed by atoms with Crippen molar-refractivity contribution in [1.29, 1.82) is 0 Å². The first-order chi connectivity index (χ1) is 9.01. The van der Waals surface area contributed by atoms with Gasteiger partial charge in [-0.2, -0.15) is 0 Å². The highest BCUT2D eigenvalue weighted by Crippen LogP contribution is 2.30. The largest absolute Gasteiger partial charge is 0.496 e. The molecule has 0 aliphatic rings. The van der Waals surface area contributed by atoms with Crippen molar-refractivity contribution in [1.82, 2.24) is 0 Å². The number of esters is 1. The molecular formula is C13H17FO5. The van der Waals surface area contributed by atoms with Gasteiger partial charge in [0, 0.05) is 0 Å². The molecule has 0 saturated carbocycles. The predicted molar refractivity (Wildman–Crippen MR) is 65.2 cm³/mol. The smallest absolute Gasteiger partial charge is 0.308 e. The Morgan fingerprint density at radius 1 is 1.42 bits per heavy atom. The molecule has 2 unspecified atom stereocenters. The Hall–Kier alpha value is -1.66. The van der Waals surface area contributed by atoms with Crippen LogP contribution in [0.2, 0.25) is 0 Å². The average Bonchev–Trinajstić information content (AvgIpc) is 2.37. The number of hydrogen-bond acceptors (Lipinski definition) is 5. The SMILES string of the molecule is CCOC(=O)CC(O)C(O)c1c(F)cccc1OC.